The van der Waals surface area contributed by atoms with Gasteiger partial charge < -0.3 is 0 Å². The molecule has 0 saturated heterocycles. The van der Waals surface area contributed by atoms with E-state index in [-0.39, 0.29) is 17.5 Å². The van der Waals surface area contributed by atoms with Crippen molar-refractivity contribution >= 4 is 11.6 Å². The lowest BCUT2D eigenvalue weighted by molar-refractivity contribution is -0.142. The Labute approximate surface area is 98.8 Å². The standard InChI is InChI=1S/C14H24O2/c1-9(2)5-11-7-12(6-10(3)4)14(16)13(15)8-11/h9-12H,5-8H2,1-4H3. The summed E-state index contributed by atoms with van der Waals surface area (Å²) in [5, 5.41) is 0. The monoisotopic (exact) mass is 224 g/mol. The molecule has 0 aromatic carbocycles. The van der Waals surface area contributed by atoms with Crippen LogP contribution in [-0.2, 0) is 9.59 Å². The van der Waals surface area contributed by atoms with Crippen LogP contribution in [0.3, 0.4) is 0 Å². The molecule has 0 heterocycles. The second-order valence-corrected chi connectivity index (χ2v) is 6.05. The maximum atomic E-state index is 11.7. The van der Waals surface area contributed by atoms with Gasteiger partial charge in [0.05, 0.1) is 0 Å². The second kappa shape index (κ2) is 5.60. The number of hydrogen-bond donors (Lipinski definition) is 0. The minimum absolute atomic E-state index is 0.00463. The Hall–Kier alpha value is -0.660. The minimum Gasteiger partial charge on any atom is -0.291 e. The molecule has 0 spiro atoms. The third-order valence-corrected chi connectivity index (χ3v) is 3.30. The molecule has 0 N–H and O–H groups in total. The maximum absolute atomic E-state index is 11.7. The third-order valence-electron chi connectivity index (χ3n) is 3.30. The molecule has 0 bridgehead atoms. The van der Waals surface area contributed by atoms with Crippen molar-refractivity contribution < 1.29 is 9.59 Å². The molecule has 2 unspecified atom stereocenters. The van der Waals surface area contributed by atoms with Crippen LogP contribution in [0.25, 0.3) is 0 Å². The van der Waals surface area contributed by atoms with E-state index in [2.05, 4.69) is 27.7 Å². The zero-order valence-corrected chi connectivity index (χ0v) is 11.0. The number of Topliss-reactive ketones (excluding diaryl/α,β-unsaturated/α-hetero) is 2. The minimum atomic E-state index is -0.123. The first-order valence-electron chi connectivity index (χ1n) is 6.47. The molecule has 0 aromatic rings. The number of ketones is 2. The molecular formula is C14H24O2. The Balaban J connectivity index is 2.61. The van der Waals surface area contributed by atoms with E-state index < -0.39 is 0 Å². The van der Waals surface area contributed by atoms with Crippen LogP contribution in [0.4, 0.5) is 0 Å². The summed E-state index contributed by atoms with van der Waals surface area (Å²) >= 11 is 0. The quantitative estimate of drug-likeness (QED) is 0.687. The normalized spacial score (nSPS) is 26.9. The molecule has 0 amide bonds. The van der Waals surface area contributed by atoms with Gasteiger partial charge in [-0.1, -0.05) is 27.7 Å². The summed E-state index contributed by atoms with van der Waals surface area (Å²) in [7, 11) is 0. The lowest BCUT2D eigenvalue weighted by Gasteiger charge is -2.29. The highest BCUT2D eigenvalue weighted by Gasteiger charge is 2.35. The summed E-state index contributed by atoms with van der Waals surface area (Å²) in [6.45, 7) is 8.59. The molecule has 16 heavy (non-hydrogen) atoms. The molecule has 2 heteroatoms. The molecule has 1 aliphatic carbocycles. The third kappa shape index (κ3) is 3.73. The Kier molecular flexibility index (Phi) is 4.69. The van der Waals surface area contributed by atoms with Crippen molar-refractivity contribution in [3.63, 3.8) is 0 Å². The van der Waals surface area contributed by atoms with Gasteiger partial charge in [0.1, 0.15) is 0 Å². The fourth-order valence-electron chi connectivity index (χ4n) is 2.80. The molecule has 0 aliphatic heterocycles. The lowest BCUT2D eigenvalue weighted by Crippen LogP contribution is -2.34. The van der Waals surface area contributed by atoms with Crippen LogP contribution in [0.15, 0.2) is 0 Å². The highest BCUT2D eigenvalue weighted by molar-refractivity contribution is 6.38. The molecule has 2 nitrogen and oxygen atoms in total. The second-order valence-electron chi connectivity index (χ2n) is 6.05. The van der Waals surface area contributed by atoms with E-state index in [9.17, 15) is 9.59 Å². The van der Waals surface area contributed by atoms with Gasteiger partial charge in [0.15, 0.2) is 5.78 Å². The van der Waals surface area contributed by atoms with E-state index in [1.165, 1.54) is 0 Å². The number of carbonyl (C=O) groups is 2. The Morgan fingerprint density at radius 1 is 1.06 bits per heavy atom. The SMILES string of the molecule is CC(C)CC1CC(=O)C(=O)C(CC(C)C)C1. The van der Waals surface area contributed by atoms with Crippen molar-refractivity contribution in [2.75, 3.05) is 0 Å². The van der Waals surface area contributed by atoms with Crippen LogP contribution < -0.4 is 0 Å². The molecule has 1 aliphatic rings. The Bertz CT molecular complexity index is 266. The Morgan fingerprint density at radius 3 is 2.12 bits per heavy atom. The summed E-state index contributed by atoms with van der Waals surface area (Å²) in [6, 6.07) is 0. The van der Waals surface area contributed by atoms with Gasteiger partial charge in [-0.05, 0) is 37.0 Å². The molecule has 1 saturated carbocycles. The zero-order chi connectivity index (χ0) is 12.3. The molecule has 0 radical (unpaired) electrons. The summed E-state index contributed by atoms with van der Waals surface area (Å²) < 4.78 is 0. The van der Waals surface area contributed by atoms with Crippen LogP contribution in [0.2, 0.25) is 0 Å². The average molecular weight is 224 g/mol. The van der Waals surface area contributed by atoms with Gasteiger partial charge in [-0.15, -0.1) is 0 Å². The van der Waals surface area contributed by atoms with E-state index in [0.717, 1.165) is 19.3 Å². The van der Waals surface area contributed by atoms with Crippen LogP contribution in [0.5, 0.6) is 0 Å². The highest BCUT2D eigenvalue weighted by Crippen LogP contribution is 2.32. The number of hydrogen-bond acceptors (Lipinski definition) is 2. The van der Waals surface area contributed by atoms with Gasteiger partial charge in [0.2, 0.25) is 5.78 Å². The van der Waals surface area contributed by atoms with E-state index in [1.54, 1.807) is 0 Å². The van der Waals surface area contributed by atoms with E-state index in [0.29, 0.717) is 24.2 Å². The molecule has 1 fully saturated rings. The van der Waals surface area contributed by atoms with Crippen molar-refractivity contribution in [1.29, 1.82) is 0 Å². The largest absolute Gasteiger partial charge is 0.291 e. The van der Waals surface area contributed by atoms with Gasteiger partial charge in [-0.25, -0.2) is 0 Å². The maximum Gasteiger partial charge on any atom is 0.201 e. The Morgan fingerprint density at radius 2 is 1.62 bits per heavy atom. The van der Waals surface area contributed by atoms with Crippen molar-refractivity contribution in [3.05, 3.63) is 0 Å². The molecular weight excluding hydrogens is 200 g/mol. The summed E-state index contributed by atoms with van der Waals surface area (Å²) in [5.41, 5.74) is 0. The van der Waals surface area contributed by atoms with Gasteiger partial charge in [0.25, 0.3) is 0 Å². The predicted molar refractivity (Wildman–Crippen MR) is 65.1 cm³/mol. The number of rotatable bonds is 4. The van der Waals surface area contributed by atoms with Gasteiger partial charge in [-0.2, -0.15) is 0 Å². The molecule has 0 aromatic heterocycles. The van der Waals surface area contributed by atoms with Crippen molar-refractivity contribution in [1.82, 2.24) is 0 Å². The summed E-state index contributed by atoms with van der Waals surface area (Å²) in [4.78, 5) is 23.4. The van der Waals surface area contributed by atoms with E-state index in [1.807, 2.05) is 0 Å². The van der Waals surface area contributed by atoms with Crippen LogP contribution in [0.1, 0.15) is 53.4 Å². The fourth-order valence-corrected chi connectivity index (χ4v) is 2.80. The summed E-state index contributed by atoms with van der Waals surface area (Å²) in [5.74, 6) is 1.33. The van der Waals surface area contributed by atoms with E-state index in [4.69, 9.17) is 0 Å². The first kappa shape index (κ1) is 13.4. The first-order chi connectivity index (χ1) is 7.40. The molecule has 2 atom stereocenters. The first-order valence-corrected chi connectivity index (χ1v) is 6.47. The molecule has 1 rings (SSSR count). The van der Waals surface area contributed by atoms with Crippen LogP contribution in [0, 0.1) is 23.7 Å². The van der Waals surface area contributed by atoms with Crippen LogP contribution >= 0.6 is 0 Å². The van der Waals surface area contributed by atoms with Gasteiger partial charge in [0, 0.05) is 12.3 Å². The lowest BCUT2D eigenvalue weighted by atomic mass is 9.74. The van der Waals surface area contributed by atoms with Crippen molar-refractivity contribution in [2.45, 2.75) is 53.4 Å². The molecule has 92 valence electrons. The highest BCUT2D eigenvalue weighted by atomic mass is 16.2. The summed E-state index contributed by atoms with van der Waals surface area (Å²) in [6.07, 6.45) is 3.37. The topological polar surface area (TPSA) is 34.1 Å². The van der Waals surface area contributed by atoms with Gasteiger partial charge >= 0.3 is 0 Å². The van der Waals surface area contributed by atoms with Crippen LogP contribution in [-0.4, -0.2) is 11.6 Å². The van der Waals surface area contributed by atoms with Crippen molar-refractivity contribution in [3.8, 4) is 0 Å². The van der Waals surface area contributed by atoms with Gasteiger partial charge in [-0.3, -0.25) is 9.59 Å². The van der Waals surface area contributed by atoms with E-state index >= 15 is 0 Å². The predicted octanol–water partition coefficient (Wildman–Crippen LogP) is 3.24. The average Bonchev–Trinajstić information content (AvgIpc) is 2.11. The smallest absolute Gasteiger partial charge is 0.201 e. The van der Waals surface area contributed by atoms with Crippen molar-refractivity contribution in [2.24, 2.45) is 23.7 Å². The zero-order valence-electron chi connectivity index (χ0n) is 11.0. The number of carbonyl (C=O) groups excluding carboxylic acids is 2. The fraction of sp³-hybridized carbons (Fsp3) is 0.857.